The monoisotopic (exact) mass is 396 g/mol. The molecule has 0 saturated carbocycles. The van der Waals surface area contributed by atoms with Crippen LogP contribution >= 0.6 is 22.9 Å². The standard InChI is InChI=1S/C21H21ClN4S/c1-13-7-9-15(10-8-13)26-20(22)18(14(2)25-26)12-24-21-17(11-23)16-5-3-4-6-19(16)27-21/h7-10,24H,3-6,12H2,1-2H3. The highest BCUT2D eigenvalue weighted by atomic mass is 35.5. The summed E-state index contributed by atoms with van der Waals surface area (Å²) in [5.74, 6) is 0. The van der Waals surface area contributed by atoms with Gasteiger partial charge in [-0.05, 0) is 57.2 Å². The molecule has 0 unspecified atom stereocenters. The molecular weight excluding hydrogens is 376 g/mol. The summed E-state index contributed by atoms with van der Waals surface area (Å²) in [5.41, 5.74) is 6.07. The van der Waals surface area contributed by atoms with Crippen LogP contribution in [0.2, 0.25) is 5.15 Å². The number of nitrogens with zero attached hydrogens (tertiary/aromatic N) is 3. The molecule has 27 heavy (non-hydrogen) atoms. The average molecular weight is 397 g/mol. The summed E-state index contributed by atoms with van der Waals surface area (Å²) in [6, 6.07) is 10.5. The smallest absolute Gasteiger partial charge is 0.138 e. The van der Waals surface area contributed by atoms with Gasteiger partial charge in [0.2, 0.25) is 0 Å². The molecule has 6 heteroatoms. The van der Waals surface area contributed by atoms with E-state index in [1.165, 1.54) is 28.8 Å². The van der Waals surface area contributed by atoms with Crippen LogP contribution in [0.4, 0.5) is 5.00 Å². The van der Waals surface area contributed by atoms with Gasteiger partial charge in [-0.3, -0.25) is 0 Å². The topological polar surface area (TPSA) is 53.6 Å². The summed E-state index contributed by atoms with van der Waals surface area (Å²) in [6.45, 7) is 4.59. The molecule has 1 aliphatic carbocycles. The minimum Gasteiger partial charge on any atom is -0.372 e. The molecule has 0 fully saturated rings. The van der Waals surface area contributed by atoms with Crippen molar-refractivity contribution in [2.45, 2.75) is 46.1 Å². The fraction of sp³-hybridized carbons (Fsp3) is 0.333. The number of nitrogens with one attached hydrogen (secondary N) is 1. The zero-order chi connectivity index (χ0) is 19.0. The quantitative estimate of drug-likeness (QED) is 0.627. The van der Waals surface area contributed by atoms with Gasteiger partial charge in [0.15, 0.2) is 0 Å². The van der Waals surface area contributed by atoms with Crippen LogP contribution in [0.25, 0.3) is 5.69 Å². The highest BCUT2D eigenvalue weighted by Crippen LogP contribution is 2.38. The van der Waals surface area contributed by atoms with Crippen LogP contribution in [0.1, 0.15) is 45.7 Å². The number of hydrogen-bond donors (Lipinski definition) is 1. The number of thiophene rings is 1. The maximum absolute atomic E-state index is 9.62. The minimum absolute atomic E-state index is 0.560. The number of hydrogen-bond acceptors (Lipinski definition) is 4. The van der Waals surface area contributed by atoms with Gasteiger partial charge < -0.3 is 5.32 Å². The first-order valence-corrected chi connectivity index (χ1v) is 10.4. The predicted molar refractivity (Wildman–Crippen MR) is 111 cm³/mol. The van der Waals surface area contributed by atoms with E-state index in [1.54, 1.807) is 16.0 Å². The molecular formula is C21H21ClN4S. The molecule has 2 heterocycles. The van der Waals surface area contributed by atoms with Gasteiger partial charge >= 0.3 is 0 Å². The van der Waals surface area contributed by atoms with E-state index < -0.39 is 0 Å². The lowest BCUT2D eigenvalue weighted by molar-refractivity contribution is 0.696. The number of halogens is 1. The third kappa shape index (κ3) is 3.36. The number of rotatable bonds is 4. The molecule has 2 aromatic heterocycles. The Bertz CT molecular complexity index is 1020. The number of benzene rings is 1. The maximum Gasteiger partial charge on any atom is 0.138 e. The zero-order valence-corrected chi connectivity index (χ0v) is 17.0. The van der Waals surface area contributed by atoms with Gasteiger partial charge in [0, 0.05) is 17.0 Å². The minimum atomic E-state index is 0.560. The summed E-state index contributed by atoms with van der Waals surface area (Å²) in [6.07, 6.45) is 4.49. The number of aromatic nitrogens is 2. The second-order valence-corrected chi connectivity index (χ2v) is 8.45. The SMILES string of the molecule is Cc1ccc(-n2nc(C)c(CNc3sc4c(c3C#N)CCCC4)c2Cl)cc1. The Balaban J connectivity index is 1.60. The molecule has 0 spiro atoms. The third-order valence-corrected chi connectivity index (χ3v) is 6.75. The van der Waals surface area contributed by atoms with Crippen molar-refractivity contribution < 1.29 is 0 Å². The van der Waals surface area contributed by atoms with E-state index in [-0.39, 0.29) is 0 Å². The number of nitriles is 1. The lowest BCUT2D eigenvalue weighted by atomic mass is 9.96. The van der Waals surface area contributed by atoms with Gasteiger partial charge in [-0.25, -0.2) is 4.68 Å². The molecule has 0 saturated heterocycles. The van der Waals surface area contributed by atoms with E-state index in [4.69, 9.17) is 11.6 Å². The molecule has 1 aromatic carbocycles. The van der Waals surface area contributed by atoms with Crippen molar-refractivity contribution in [1.29, 1.82) is 5.26 Å². The molecule has 0 radical (unpaired) electrons. The fourth-order valence-electron chi connectivity index (χ4n) is 3.57. The van der Waals surface area contributed by atoms with Crippen molar-refractivity contribution in [3.8, 4) is 11.8 Å². The predicted octanol–water partition coefficient (Wildman–Crippen LogP) is 5.57. The summed E-state index contributed by atoms with van der Waals surface area (Å²) in [5, 5.41) is 19.3. The highest BCUT2D eigenvalue weighted by molar-refractivity contribution is 7.16. The van der Waals surface area contributed by atoms with Gasteiger partial charge in [-0.1, -0.05) is 29.3 Å². The molecule has 0 bridgehead atoms. The first-order chi connectivity index (χ1) is 13.1. The summed E-state index contributed by atoms with van der Waals surface area (Å²) < 4.78 is 1.78. The van der Waals surface area contributed by atoms with Crippen LogP contribution in [0.5, 0.6) is 0 Å². The fourth-order valence-corrected chi connectivity index (χ4v) is 5.14. The Labute approximate surface area is 168 Å². The zero-order valence-electron chi connectivity index (χ0n) is 15.5. The van der Waals surface area contributed by atoms with Crippen LogP contribution in [0.15, 0.2) is 24.3 Å². The largest absolute Gasteiger partial charge is 0.372 e. The second-order valence-electron chi connectivity index (χ2n) is 6.98. The lowest BCUT2D eigenvalue weighted by Gasteiger charge is -2.09. The normalized spacial score (nSPS) is 13.3. The van der Waals surface area contributed by atoms with E-state index in [1.807, 2.05) is 19.1 Å². The lowest BCUT2D eigenvalue weighted by Crippen LogP contribution is -2.02. The maximum atomic E-state index is 9.62. The molecule has 0 atom stereocenters. The van der Waals surface area contributed by atoms with Crippen molar-refractivity contribution >= 4 is 27.9 Å². The Hall–Kier alpha value is -2.29. The first-order valence-electron chi connectivity index (χ1n) is 9.18. The van der Waals surface area contributed by atoms with Crippen molar-refractivity contribution in [3.63, 3.8) is 0 Å². The number of anilines is 1. The average Bonchev–Trinajstić information content (AvgIpc) is 3.17. The Morgan fingerprint density at radius 1 is 1.22 bits per heavy atom. The second kappa shape index (κ2) is 7.38. The van der Waals surface area contributed by atoms with Gasteiger partial charge in [-0.15, -0.1) is 11.3 Å². The molecule has 4 nitrogen and oxygen atoms in total. The Morgan fingerprint density at radius 3 is 2.70 bits per heavy atom. The van der Waals surface area contributed by atoms with Crippen LogP contribution < -0.4 is 5.32 Å². The number of aryl methyl sites for hydroxylation is 3. The Morgan fingerprint density at radius 2 is 1.96 bits per heavy atom. The van der Waals surface area contributed by atoms with Crippen molar-refractivity contribution in [2.24, 2.45) is 0 Å². The van der Waals surface area contributed by atoms with Gasteiger partial charge in [0.05, 0.1) is 16.9 Å². The summed E-state index contributed by atoms with van der Waals surface area (Å²) in [7, 11) is 0. The van der Waals surface area contributed by atoms with Crippen LogP contribution in [-0.4, -0.2) is 9.78 Å². The van der Waals surface area contributed by atoms with Crippen molar-refractivity contribution in [3.05, 3.63) is 62.2 Å². The molecule has 138 valence electrons. The van der Waals surface area contributed by atoms with Crippen LogP contribution in [0, 0.1) is 25.2 Å². The van der Waals surface area contributed by atoms with E-state index in [9.17, 15) is 5.26 Å². The van der Waals surface area contributed by atoms with Crippen LogP contribution in [-0.2, 0) is 19.4 Å². The summed E-state index contributed by atoms with van der Waals surface area (Å²) in [4.78, 5) is 1.36. The van der Waals surface area contributed by atoms with E-state index >= 15 is 0 Å². The van der Waals surface area contributed by atoms with Crippen molar-refractivity contribution in [2.75, 3.05) is 5.32 Å². The van der Waals surface area contributed by atoms with Gasteiger partial charge in [-0.2, -0.15) is 10.4 Å². The first kappa shape index (κ1) is 18.1. The molecule has 3 aromatic rings. The van der Waals surface area contributed by atoms with Gasteiger partial charge in [0.1, 0.15) is 16.2 Å². The van der Waals surface area contributed by atoms with E-state index in [0.717, 1.165) is 40.4 Å². The van der Waals surface area contributed by atoms with E-state index in [2.05, 4.69) is 35.5 Å². The molecule has 1 aliphatic rings. The molecule has 4 rings (SSSR count). The Kier molecular flexibility index (Phi) is 4.94. The molecule has 0 amide bonds. The van der Waals surface area contributed by atoms with Crippen molar-refractivity contribution in [1.82, 2.24) is 9.78 Å². The van der Waals surface area contributed by atoms with Crippen LogP contribution in [0.3, 0.4) is 0 Å². The molecule has 0 aliphatic heterocycles. The highest BCUT2D eigenvalue weighted by Gasteiger charge is 2.21. The number of fused-ring (bicyclic) bond motifs is 1. The van der Waals surface area contributed by atoms with Gasteiger partial charge in [0.25, 0.3) is 0 Å². The summed E-state index contributed by atoms with van der Waals surface area (Å²) >= 11 is 8.36. The molecule has 1 N–H and O–H groups in total. The third-order valence-electron chi connectivity index (χ3n) is 5.11. The van der Waals surface area contributed by atoms with E-state index in [0.29, 0.717) is 11.7 Å².